The van der Waals surface area contributed by atoms with Gasteiger partial charge in [0.25, 0.3) is 5.91 Å². The van der Waals surface area contributed by atoms with E-state index in [2.05, 4.69) is 34.8 Å². The van der Waals surface area contributed by atoms with Gasteiger partial charge in [0.2, 0.25) is 0 Å². The van der Waals surface area contributed by atoms with Crippen molar-refractivity contribution in [3.63, 3.8) is 0 Å². The molecule has 0 aromatic carbocycles. The minimum Gasteiger partial charge on any atom is -0.336 e. The molecule has 0 spiro atoms. The maximum absolute atomic E-state index is 11.9. The first kappa shape index (κ1) is 13.8. The lowest BCUT2D eigenvalue weighted by Crippen LogP contribution is -2.38. The van der Waals surface area contributed by atoms with Crippen molar-refractivity contribution in [2.45, 2.75) is 39.2 Å². The van der Waals surface area contributed by atoms with Crippen LogP contribution in [0.1, 0.15) is 30.8 Å². The van der Waals surface area contributed by atoms with Crippen molar-refractivity contribution in [1.82, 2.24) is 15.6 Å². The Bertz CT molecular complexity index is 486. The van der Waals surface area contributed by atoms with E-state index in [1.165, 1.54) is 16.2 Å². The molecule has 3 N–H and O–H groups in total. The Morgan fingerprint density at radius 1 is 1.53 bits per heavy atom. The molecule has 3 amide bonds. The SMILES string of the molecule is CCCc1nc(NC(=O)[C@@H]2CNC(=O)N2)sc1CC. The molecule has 104 valence electrons. The standard InChI is InChI=1S/C12H18N4O2S/c1-3-5-7-9(4-2)19-12(15-7)16-10(17)8-6-13-11(18)14-8/h8H,3-6H2,1-2H3,(H2,13,14,18)(H,15,16,17)/t8-/m0/s1. The summed E-state index contributed by atoms with van der Waals surface area (Å²) in [4.78, 5) is 28.6. The Kier molecular flexibility index (Phi) is 4.36. The summed E-state index contributed by atoms with van der Waals surface area (Å²) in [5.74, 6) is -0.224. The smallest absolute Gasteiger partial charge is 0.315 e. The zero-order chi connectivity index (χ0) is 13.8. The third kappa shape index (κ3) is 3.23. The molecule has 1 atom stereocenters. The van der Waals surface area contributed by atoms with Crippen molar-refractivity contribution >= 4 is 28.4 Å². The molecule has 0 saturated carbocycles. The van der Waals surface area contributed by atoms with E-state index >= 15 is 0 Å². The fraction of sp³-hybridized carbons (Fsp3) is 0.583. The number of amides is 3. The number of aromatic nitrogens is 1. The molecule has 19 heavy (non-hydrogen) atoms. The van der Waals surface area contributed by atoms with Gasteiger partial charge in [-0.2, -0.15) is 0 Å². The van der Waals surface area contributed by atoms with Gasteiger partial charge in [-0.15, -0.1) is 11.3 Å². The molecule has 1 aliphatic heterocycles. The van der Waals surface area contributed by atoms with Gasteiger partial charge in [-0.25, -0.2) is 9.78 Å². The maximum Gasteiger partial charge on any atom is 0.315 e. The highest BCUT2D eigenvalue weighted by Crippen LogP contribution is 2.24. The summed E-state index contributed by atoms with van der Waals surface area (Å²) in [6, 6.07) is -0.823. The van der Waals surface area contributed by atoms with Crippen LogP contribution in [-0.4, -0.2) is 29.5 Å². The predicted molar refractivity (Wildman–Crippen MR) is 74.4 cm³/mol. The zero-order valence-electron chi connectivity index (χ0n) is 11.1. The van der Waals surface area contributed by atoms with Gasteiger partial charge < -0.3 is 16.0 Å². The van der Waals surface area contributed by atoms with Crippen molar-refractivity contribution in [2.75, 3.05) is 11.9 Å². The van der Waals surface area contributed by atoms with Crippen LogP contribution in [0.15, 0.2) is 0 Å². The molecule has 1 saturated heterocycles. The highest BCUT2D eigenvalue weighted by atomic mass is 32.1. The van der Waals surface area contributed by atoms with E-state index in [9.17, 15) is 9.59 Å². The van der Waals surface area contributed by atoms with Crippen molar-refractivity contribution in [3.8, 4) is 0 Å². The maximum atomic E-state index is 11.9. The molecule has 0 radical (unpaired) electrons. The average molecular weight is 282 g/mol. The summed E-state index contributed by atoms with van der Waals surface area (Å²) in [5, 5.41) is 8.49. The number of carbonyl (C=O) groups excluding carboxylic acids is 2. The molecule has 1 aromatic heterocycles. The number of thiazole rings is 1. The number of hydrogen-bond donors (Lipinski definition) is 3. The lowest BCUT2D eigenvalue weighted by molar-refractivity contribution is -0.117. The van der Waals surface area contributed by atoms with E-state index in [1.807, 2.05) is 0 Å². The molecule has 7 heteroatoms. The van der Waals surface area contributed by atoms with E-state index in [0.717, 1.165) is 25.0 Å². The van der Waals surface area contributed by atoms with Crippen LogP contribution in [0.3, 0.4) is 0 Å². The van der Waals surface area contributed by atoms with Gasteiger partial charge in [-0.1, -0.05) is 20.3 Å². The molecule has 2 heterocycles. The fourth-order valence-electron chi connectivity index (χ4n) is 1.95. The summed E-state index contributed by atoms with van der Waals surface area (Å²) >= 11 is 1.51. The Labute approximate surface area is 116 Å². The minimum absolute atomic E-state index is 0.224. The molecule has 6 nitrogen and oxygen atoms in total. The van der Waals surface area contributed by atoms with Gasteiger partial charge >= 0.3 is 6.03 Å². The van der Waals surface area contributed by atoms with Crippen molar-refractivity contribution in [3.05, 3.63) is 10.6 Å². The van der Waals surface area contributed by atoms with Crippen molar-refractivity contribution < 1.29 is 9.59 Å². The summed E-state index contributed by atoms with van der Waals surface area (Å²) < 4.78 is 0. The number of carbonyl (C=O) groups is 2. The van der Waals surface area contributed by atoms with Gasteiger partial charge in [0.15, 0.2) is 5.13 Å². The second-order valence-electron chi connectivity index (χ2n) is 4.39. The Balaban J connectivity index is 2.02. The Hall–Kier alpha value is -1.63. The molecular formula is C12H18N4O2S. The minimum atomic E-state index is -0.517. The second kappa shape index (κ2) is 6.01. The normalized spacial score (nSPS) is 18.0. The van der Waals surface area contributed by atoms with Crippen LogP contribution in [-0.2, 0) is 17.6 Å². The average Bonchev–Trinajstić information content (AvgIpc) is 2.96. The molecule has 0 unspecified atom stereocenters. The monoisotopic (exact) mass is 282 g/mol. The summed E-state index contributed by atoms with van der Waals surface area (Å²) in [5.41, 5.74) is 1.07. The van der Waals surface area contributed by atoms with Gasteiger partial charge in [-0.3, -0.25) is 4.79 Å². The van der Waals surface area contributed by atoms with Gasteiger partial charge in [0.05, 0.1) is 5.69 Å². The van der Waals surface area contributed by atoms with Crippen LogP contribution in [0.4, 0.5) is 9.93 Å². The molecule has 0 bridgehead atoms. The largest absolute Gasteiger partial charge is 0.336 e. The molecule has 0 aliphatic carbocycles. The number of hydrogen-bond acceptors (Lipinski definition) is 4. The number of nitrogens with one attached hydrogen (secondary N) is 3. The van der Waals surface area contributed by atoms with E-state index in [-0.39, 0.29) is 11.9 Å². The molecule has 1 aliphatic rings. The molecular weight excluding hydrogens is 264 g/mol. The summed E-state index contributed by atoms with van der Waals surface area (Å²) in [7, 11) is 0. The Morgan fingerprint density at radius 2 is 2.32 bits per heavy atom. The van der Waals surface area contributed by atoms with E-state index in [1.54, 1.807) is 0 Å². The van der Waals surface area contributed by atoms with Crippen LogP contribution in [0.2, 0.25) is 0 Å². The topological polar surface area (TPSA) is 83.1 Å². The van der Waals surface area contributed by atoms with E-state index < -0.39 is 6.04 Å². The molecule has 1 fully saturated rings. The number of nitrogens with zero attached hydrogens (tertiary/aromatic N) is 1. The van der Waals surface area contributed by atoms with Crippen molar-refractivity contribution in [1.29, 1.82) is 0 Å². The number of aryl methyl sites for hydroxylation is 2. The quantitative estimate of drug-likeness (QED) is 0.760. The fourth-order valence-corrected chi connectivity index (χ4v) is 2.90. The second-order valence-corrected chi connectivity index (χ2v) is 5.47. The number of rotatable bonds is 5. The first-order valence-electron chi connectivity index (χ1n) is 6.47. The summed E-state index contributed by atoms with van der Waals surface area (Å²) in [6.45, 7) is 4.51. The molecule has 1 aromatic rings. The number of anilines is 1. The first-order chi connectivity index (χ1) is 9.13. The van der Waals surface area contributed by atoms with E-state index in [0.29, 0.717) is 11.7 Å². The lowest BCUT2D eigenvalue weighted by Gasteiger charge is -2.06. The van der Waals surface area contributed by atoms with Crippen molar-refractivity contribution in [2.24, 2.45) is 0 Å². The first-order valence-corrected chi connectivity index (χ1v) is 7.29. The van der Waals surface area contributed by atoms with Gasteiger partial charge in [0, 0.05) is 11.4 Å². The third-order valence-corrected chi connectivity index (χ3v) is 4.06. The van der Waals surface area contributed by atoms with Crippen LogP contribution in [0.25, 0.3) is 0 Å². The third-order valence-electron chi connectivity index (χ3n) is 2.90. The van der Waals surface area contributed by atoms with Gasteiger partial charge in [0.1, 0.15) is 6.04 Å². The van der Waals surface area contributed by atoms with Crippen LogP contribution < -0.4 is 16.0 Å². The lowest BCUT2D eigenvalue weighted by atomic mass is 10.2. The predicted octanol–water partition coefficient (Wildman–Crippen LogP) is 1.28. The van der Waals surface area contributed by atoms with E-state index in [4.69, 9.17) is 0 Å². The highest BCUT2D eigenvalue weighted by Gasteiger charge is 2.27. The number of urea groups is 1. The van der Waals surface area contributed by atoms with Crippen LogP contribution in [0.5, 0.6) is 0 Å². The van der Waals surface area contributed by atoms with Gasteiger partial charge in [-0.05, 0) is 12.8 Å². The molecule has 2 rings (SSSR count). The Morgan fingerprint density at radius 3 is 2.89 bits per heavy atom. The van der Waals surface area contributed by atoms with Crippen LogP contribution in [0, 0.1) is 0 Å². The van der Waals surface area contributed by atoms with Crippen LogP contribution >= 0.6 is 11.3 Å². The summed E-state index contributed by atoms with van der Waals surface area (Å²) in [6.07, 6.45) is 2.88. The zero-order valence-corrected chi connectivity index (χ0v) is 11.9. The highest BCUT2D eigenvalue weighted by molar-refractivity contribution is 7.15.